The van der Waals surface area contributed by atoms with Gasteiger partial charge in [0.2, 0.25) is 0 Å². The van der Waals surface area contributed by atoms with E-state index in [0.717, 1.165) is 5.56 Å². The lowest BCUT2D eigenvalue weighted by atomic mass is 9.70. The summed E-state index contributed by atoms with van der Waals surface area (Å²) >= 11 is 0. The van der Waals surface area contributed by atoms with E-state index in [9.17, 15) is 18.0 Å². The van der Waals surface area contributed by atoms with Gasteiger partial charge < -0.3 is 15.3 Å². The van der Waals surface area contributed by atoms with Crippen LogP contribution in [0.1, 0.15) is 37.9 Å². The fourth-order valence-corrected chi connectivity index (χ4v) is 5.12. The average Bonchev–Trinajstić information content (AvgIpc) is 2.80. The van der Waals surface area contributed by atoms with Crippen LogP contribution in [0, 0.1) is 17.7 Å². The van der Waals surface area contributed by atoms with E-state index in [1.807, 2.05) is 58.2 Å². The lowest BCUT2D eigenvalue weighted by Gasteiger charge is -2.42. The molecule has 190 valence electrons. The van der Waals surface area contributed by atoms with Crippen molar-refractivity contribution in [3.63, 3.8) is 0 Å². The van der Waals surface area contributed by atoms with Gasteiger partial charge in [0.25, 0.3) is 5.56 Å². The van der Waals surface area contributed by atoms with Crippen LogP contribution < -0.4 is 10.9 Å². The third kappa shape index (κ3) is 5.00. The molecule has 1 aromatic carbocycles. The summed E-state index contributed by atoms with van der Waals surface area (Å²) in [7, 11) is 1.84. The Labute approximate surface area is 208 Å². The van der Waals surface area contributed by atoms with Gasteiger partial charge in [0.05, 0.1) is 16.6 Å². The van der Waals surface area contributed by atoms with Crippen LogP contribution in [0.4, 0.5) is 13.2 Å². The van der Waals surface area contributed by atoms with Gasteiger partial charge in [-0.1, -0.05) is 42.8 Å². The summed E-state index contributed by atoms with van der Waals surface area (Å²) in [5.41, 5.74) is 1.80. The Kier molecular flexibility index (Phi) is 6.68. The highest BCUT2D eigenvalue weighted by molar-refractivity contribution is 5.98. The van der Waals surface area contributed by atoms with E-state index in [1.54, 1.807) is 29.0 Å². The van der Waals surface area contributed by atoms with Gasteiger partial charge >= 0.3 is 6.18 Å². The minimum atomic E-state index is -4.28. The average molecular weight is 497 g/mol. The van der Waals surface area contributed by atoms with Gasteiger partial charge in [-0.15, -0.1) is 0 Å². The number of benzene rings is 1. The maximum Gasteiger partial charge on any atom is 0.389 e. The van der Waals surface area contributed by atoms with Crippen molar-refractivity contribution in [2.24, 2.45) is 5.41 Å². The van der Waals surface area contributed by atoms with E-state index < -0.39 is 23.6 Å². The predicted octanol–water partition coefficient (Wildman–Crippen LogP) is 5.79. The predicted molar refractivity (Wildman–Crippen MR) is 138 cm³/mol. The van der Waals surface area contributed by atoms with Crippen molar-refractivity contribution < 1.29 is 13.2 Å². The molecule has 3 aromatic rings. The van der Waals surface area contributed by atoms with E-state index >= 15 is 0 Å². The van der Waals surface area contributed by atoms with Crippen LogP contribution in [0.25, 0.3) is 22.0 Å². The highest BCUT2D eigenvalue weighted by atomic mass is 19.4. The summed E-state index contributed by atoms with van der Waals surface area (Å²) in [5, 5.41) is 12.3. The van der Waals surface area contributed by atoms with E-state index in [4.69, 9.17) is 5.41 Å². The molecule has 0 aliphatic heterocycles. The molecule has 0 bridgehead atoms. The molecule has 0 radical (unpaired) electrons. The highest BCUT2D eigenvalue weighted by Gasteiger charge is 2.41. The van der Waals surface area contributed by atoms with Crippen LogP contribution in [-0.2, 0) is 12.0 Å². The molecule has 2 unspecified atom stereocenters. The largest absolute Gasteiger partial charge is 0.389 e. The summed E-state index contributed by atoms with van der Waals surface area (Å²) in [6.07, 6.45) is 0.435. The third-order valence-electron chi connectivity index (χ3n) is 7.05. The fourth-order valence-electron chi connectivity index (χ4n) is 5.12. The fraction of sp³-hybridized carbons (Fsp3) is 0.393. The first-order chi connectivity index (χ1) is 16.8. The summed E-state index contributed by atoms with van der Waals surface area (Å²) < 4.78 is 40.2. The zero-order valence-electron chi connectivity index (χ0n) is 21.0. The van der Waals surface area contributed by atoms with E-state index in [-0.39, 0.29) is 12.0 Å². The quantitative estimate of drug-likeness (QED) is 0.454. The number of pyridine rings is 2. The molecule has 1 aliphatic carbocycles. The molecule has 0 amide bonds. The normalized spacial score (nSPS) is 22.4. The summed E-state index contributed by atoms with van der Waals surface area (Å²) in [4.78, 5) is 18.6. The van der Waals surface area contributed by atoms with Gasteiger partial charge in [0.1, 0.15) is 0 Å². The molecule has 0 spiro atoms. The van der Waals surface area contributed by atoms with E-state index in [1.165, 1.54) is 0 Å². The lowest BCUT2D eigenvalue weighted by molar-refractivity contribution is -0.134. The zero-order chi connectivity index (χ0) is 26.3. The van der Waals surface area contributed by atoms with Crippen molar-refractivity contribution in [1.82, 2.24) is 14.9 Å². The van der Waals surface area contributed by atoms with Gasteiger partial charge in [-0.3, -0.25) is 9.78 Å². The molecule has 4 rings (SSSR count). The highest BCUT2D eigenvalue weighted by Crippen LogP contribution is 2.39. The SMILES string of the molecule is CNCC1(C)CC(C)(n2cc3ccc(CCC(F)(F)F)nc3c(-c3ccc(C)cc3)c2=O)C=CC1=N. The van der Waals surface area contributed by atoms with Gasteiger partial charge in [0.15, 0.2) is 0 Å². The monoisotopic (exact) mass is 496 g/mol. The first-order valence-corrected chi connectivity index (χ1v) is 12.0. The molecular weight excluding hydrogens is 465 g/mol. The van der Waals surface area contributed by atoms with Crippen LogP contribution in [-0.4, -0.2) is 35.0 Å². The van der Waals surface area contributed by atoms with Crippen molar-refractivity contribution in [3.05, 3.63) is 76.4 Å². The lowest BCUT2D eigenvalue weighted by Crippen LogP contribution is -2.49. The number of alkyl halides is 3. The summed E-state index contributed by atoms with van der Waals surface area (Å²) in [6.45, 7) is 6.52. The molecule has 1 aliphatic rings. The van der Waals surface area contributed by atoms with Crippen molar-refractivity contribution >= 4 is 16.6 Å². The molecule has 2 aromatic heterocycles. The molecule has 36 heavy (non-hydrogen) atoms. The molecule has 2 heterocycles. The molecular formula is C28H31F3N4O. The second-order valence-electron chi connectivity index (χ2n) is 10.3. The Morgan fingerprint density at radius 2 is 1.83 bits per heavy atom. The van der Waals surface area contributed by atoms with Crippen molar-refractivity contribution in [2.75, 3.05) is 13.6 Å². The Balaban J connectivity index is 1.94. The van der Waals surface area contributed by atoms with Crippen molar-refractivity contribution in [1.29, 1.82) is 5.41 Å². The topological polar surface area (TPSA) is 70.8 Å². The van der Waals surface area contributed by atoms with Crippen molar-refractivity contribution in [2.45, 2.75) is 51.7 Å². The number of nitrogens with zero attached hydrogens (tertiary/aromatic N) is 2. The molecule has 0 fully saturated rings. The smallest absolute Gasteiger partial charge is 0.319 e. The summed E-state index contributed by atoms with van der Waals surface area (Å²) in [6, 6.07) is 10.8. The minimum Gasteiger partial charge on any atom is -0.319 e. The van der Waals surface area contributed by atoms with E-state index in [2.05, 4.69) is 10.3 Å². The van der Waals surface area contributed by atoms with Crippen molar-refractivity contribution in [3.8, 4) is 11.1 Å². The molecule has 2 N–H and O–H groups in total. The number of hydrogen-bond acceptors (Lipinski definition) is 4. The second kappa shape index (κ2) is 9.32. The van der Waals surface area contributed by atoms with Crippen LogP contribution in [0.5, 0.6) is 0 Å². The minimum absolute atomic E-state index is 0.249. The van der Waals surface area contributed by atoms with Gasteiger partial charge in [0, 0.05) is 41.4 Å². The number of aryl methyl sites for hydroxylation is 2. The standard InChI is InChI=1S/C28H31F3N4O/c1-18-5-7-19(8-6-18)23-24-20(9-10-21(34-24)11-14-28(29,30)31)15-35(25(23)36)27(3)13-12-22(32)26(2,16-27)17-33-4/h5-10,12-13,15,32-33H,11,14,16-17H2,1-4H3. The van der Waals surface area contributed by atoms with Gasteiger partial charge in [-0.05, 0) is 57.5 Å². The molecule has 2 atom stereocenters. The van der Waals surface area contributed by atoms with Gasteiger partial charge in [-0.2, -0.15) is 13.2 Å². The second-order valence-corrected chi connectivity index (χ2v) is 10.3. The number of rotatable bonds is 6. The zero-order valence-corrected chi connectivity index (χ0v) is 21.0. The number of fused-ring (bicyclic) bond motifs is 1. The maximum atomic E-state index is 14.1. The number of allylic oxidation sites excluding steroid dienone is 2. The molecule has 0 saturated heterocycles. The number of nitrogens with one attached hydrogen (secondary N) is 2. The Hall–Kier alpha value is -3.26. The Morgan fingerprint density at radius 3 is 2.47 bits per heavy atom. The maximum absolute atomic E-state index is 14.1. The molecule has 5 nitrogen and oxygen atoms in total. The Bertz CT molecular complexity index is 1390. The van der Waals surface area contributed by atoms with Crippen LogP contribution >= 0.6 is 0 Å². The van der Waals surface area contributed by atoms with Crippen LogP contribution in [0.3, 0.4) is 0 Å². The number of hydrogen-bond donors (Lipinski definition) is 2. The first-order valence-electron chi connectivity index (χ1n) is 12.0. The number of aromatic nitrogens is 2. The summed E-state index contributed by atoms with van der Waals surface area (Å²) in [5.74, 6) is 0. The van der Waals surface area contributed by atoms with Crippen LogP contribution in [0.2, 0.25) is 0 Å². The van der Waals surface area contributed by atoms with Crippen LogP contribution in [0.15, 0.2) is 59.5 Å². The Morgan fingerprint density at radius 1 is 1.14 bits per heavy atom. The van der Waals surface area contributed by atoms with E-state index in [0.29, 0.717) is 46.4 Å². The molecule has 8 heteroatoms. The van der Waals surface area contributed by atoms with Gasteiger partial charge in [-0.25, -0.2) is 0 Å². The first kappa shape index (κ1) is 25.8. The molecule has 0 saturated carbocycles. The number of halogens is 3. The third-order valence-corrected chi connectivity index (χ3v) is 7.05.